The van der Waals surface area contributed by atoms with Gasteiger partial charge in [-0.05, 0) is 0 Å². The third-order valence-corrected chi connectivity index (χ3v) is 1.54. The summed E-state index contributed by atoms with van der Waals surface area (Å²) in [5.74, 6) is -10.7. The molecule has 1 atom stereocenters. The van der Waals surface area contributed by atoms with Crippen LogP contribution in [0.1, 0.15) is 13.3 Å². The van der Waals surface area contributed by atoms with Gasteiger partial charge in [-0.1, -0.05) is 6.92 Å². The fraction of sp³-hybridized carbons (Fsp3) is 1.00. The maximum atomic E-state index is 12.2. The molecule has 14 heavy (non-hydrogen) atoms. The third-order valence-electron chi connectivity index (χ3n) is 1.54. The molecule has 0 fully saturated rings. The van der Waals surface area contributed by atoms with Crippen LogP contribution in [0.2, 0.25) is 0 Å². The predicted molar refractivity (Wildman–Crippen MR) is 31.1 cm³/mol. The molecule has 8 heteroatoms. The zero-order chi connectivity index (χ0) is 11.8. The van der Waals surface area contributed by atoms with E-state index in [0.717, 1.165) is 0 Å². The first-order valence-electron chi connectivity index (χ1n) is 3.43. The van der Waals surface area contributed by atoms with Crippen molar-refractivity contribution in [2.45, 2.75) is 37.5 Å². The van der Waals surface area contributed by atoms with E-state index >= 15 is 0 Å². The molecule has 0 nitrogen and oxygen atoms in total. The summed E-state index contributed by atoms with van der Waals surface area (Å²) >= 11 is 0. The van der Waals surface area contributed by atoms with E-state index in [1.807, 2.05) is 0 Å². The van der Waals surface area contributed by atoms with Gasteiger partial charge in [-0.2, -0.15) is 30.7 Å². The maximum absolute atomic E-state index is 12.2. The summed E-state index contributed by atoms with van der Waals surface area (Å²) in [5, 5.41) is 0. The average Bonchev–Trinajstić information content (AvgIpc) is 2.01. The van der Waals surface area contributed by atoms with Gasteiger partial charge in [0, 0.05) is 6.42 Å². The molecule has 0 aliphatic carbocycles. The Balaban J connectivity index is 4.96. The SMILES string of the molecule is CCC(F)(F)C(F)(F)C(F)C(F)(F)F. The Bertz CT molecular complexity index is 192. The summed E-state index contributed by atoms with van der Waals surface area (Å²) in [5.41, 5.74) is 0. The lowest BCUT2D eigenvalue weighted by Crippen LogP contribution is -2.53. The minimum Gasteiger partial charge on any atom is -0.230 e. The summed E-state index contributed by atoms with van der Waals surface area (Å²) in [7, 11) is 0. The highest BCUT2D eigenvalue weighted by Crippen LogP contribution is 2.45. The van der Waals surface area contributed by atoms with Gasteiger partial charge in [0.15, 0.2) is 0 Å². The molecule has 1 unspecified atom stereocenters. The van der Waals surface area contributed by atoms with Crippen molar-refractivity contribution in [3.8, 4) is 0 Å². The van der Waals surface area contributed by atoms with Crippen LogP contribution >= 0.6 is 0 Å². The zero-order valence-corrected chi connectivity index (χ0v) is 6.81. The molecule has 0 bridgehead atoms. The predicted octanol–water partition coefficient (Wildman–Crippen LogP) is 3.57. The van der Waals surface area contributed by atoms with Crippen molar-refractivity contribution in [3.05, 3.63) is 0 Å². The van der Waals surface area contributed by atoms with E-state index in [1.165, 1.54) is 0 Å². The number of halogens is 8. The minimum atomic E-state index is -6.00. The molecule has 0 spiro atoms. The van der Waals surface area contributed by atoms with Gasteiger partial charge in [0.25, 0.3) is 6.17 Å². The molecular formula is C6H6F8. The van der Waals surface area contributed by atoms with Gasteiger partial charge < -0.3 is 0 Å². The van der Waals surface area contributed by atoms with E-state index in [1.54, 1.807) is 0 Å². The molecule has 0 N–H and O–H groups in total. The topological polar surface area (TPSA) is 0 Å². The van der Waals surface area contributed by atoms with Gasteiger partial charge >= 0.3 is 18.0 Å². The van der Waals surface area contributed by atoms with Crippen molar-refractivity contribution in [1.29, 1.82) is 0 Å². The highest BCUT2D eigenvalue weighted by atomic mass is 19.4. The second-order valence-corrected chi connectivity index (χ2v) is 2.59. The number of alkyl halides is 8. The number of rotatable bonds is 3. The maximum Gasteiger partial charge on any atom is 0.425 e. The molecule has 0 aliphatic rings. The lowest BCUT2D eigenvalue weighted by atomic mass is 10.0. The molecule has 0 aromatic heterocycles. The van der Waals surface area contributed by atoms with Crippen molar-refractivity contribution in [2.75, 3.05) is 0 Å². The van der Waals surface area contributed by atoms with Gasteiger partial charge in [-0.15, -0.1) is 0 Å². The van der Waals surface area contributed by atoms with E-state index in [-0.39, 0.29) is 0 Å². The number of hydrogen-bond acceptors (Lipinski definition) is 0. The second-order valence-electron chi connectivity index (χ2n) is 2.59. The minimum absolute atomic E-state index is 0.539. The highest BCUT2D eigenvalue weighted by molar-refractivity contribution is 4.93. The van der Waals surface area contributed by atoms with E-state index < -0.39 is 30.6 Å². The van der Waals surface area contributed by atoms with Crippen LogP contribution < -0.4 is 0 Å². The van der Waals surface area contributed by atoms with Crippen molar-refractivity contribution < 1.29 is 35.1 Å². The van der Waals surface area contributed by atoms with Crippen molar-refractivity contribution in [2.24, 2.45) is 0 Å². The van der Waals surface area contributed by atoms with Gasteiger partial charge in [0.05, 0.1) is 0 Å². The van der Waals surface area contributed by atoms with E-state index in [4.69, 9.17) is 0 Å². The summed E-state index contributed by atoms with van der Waals surface area (Å²) < 4.78 is 95.2. The zero-order valence-electron chi connectivity index (χ0n) is 6.81. The Morgan fingerprint density at radius 3 is 1.50 bits per heavy atom. The van der Waals surface area contributed by atoms with Crippen molar-refractivity contribution >= 4 is 0 Å². The quantitative estimate of drug-likeness (QED) is 0.650. The Hall–Kier alpha value is -0.560. The van der Waals surface area contributed by atoms with Crippen molar-refractivity contribution in [3.63, 3.8) is 0 Å². The third kappa shape index (κ3) is 2.27. The Morgan fingerprint density at radius 1 is 0.929 bits per heavy atom. The fourth-order valence-corrected chi connectivity index (χ4v) is 0.627. The smallest absolute Gasteiger partial charge is 0.230 e. The highest BCUT2D eigenvalue weighted by Gasteiger charge is 2.68. The first kappa shape index (κ1) is 13.4. The monoisotopic (exact) mass is 230 g/mol. The second kappa shape index (κ2) is 3.54. The molecule has 0 aliphatic heterocycles. The molecule has 0 saturated heterocycles. The first-order valence-corrected chi connectivity index (χ1v) is 3.43. The van der Waals surface area contributed by atoms with Crippen LogP contribution in [0.4, 0.5) is 35.1 Å². The molecule has 0 aromatic carbocycles. The van der Waals surface area contributed by atoms with Crippen LogP contribution in [-0.2, 0) is 0 Å². The van der Waals surface area contributed by atoms with Crippen LogP contribution in [-0.4, -0.2) is 24.2 Å². The Morgan fingerprint density at radius 2 is 1.29 bits per heavy atom. The molecule has 0 rings (SSSR count). The molecule has 0 saturated carbocycles. The molecule has 0 aromatic rings. The van der Waals surface area contributed by atoms with Crippen molar-refractivity contribution in [1.82, 2.24) is 0 Å². The summed E-state index contributed by atoms with van der Waals surface area (Å²) in [6.45, 7) is 0.539. The molecule has 0 heterocycles. The lowest BCUT2D eigenvalue weighted by Gasteiger charge is -2.29. The molecule has 0 radical (unpaired) electrons. The van der Waals surface area contributed by atoms with Gasteiger partial charge in [-0.25, -0.2) is 4.39 Å². The molecule has 86 valence electrons. The standard InChI is InChI=1S/C6H6F8/c1-2-4(8,9)5(10,11)3(7)6(12,13)14/h3H,2H2,1H3. The largest absolute Gasteiger partial charge is 0.425 e. The summed E-state index contributed by atoms with van der Waals surface area (Å²) in [6.07, 6.45) is -12.4. The van der Waals surface area contributed by atoms with Gasteiger partial charge in [0.2, 0.25) is 0 Å². The van der Waals surface area contributed by atoms with Crippen LogP contribution in [0.15, 0.2) is 0 Å². The Kier molecular flexibility index (Phi) is 3.40. The average molecular weight is 230 g/mol. The Labute approximate surface area is 73.9 Å². The van der Waals surface area contributed by atoms with Gasteiger partial charge in [-0.3, -0.25) is 0 Å². The van der Waals surface area contributed by atoms with Crippen LogP contribution in [0.3, 0.4) is 0 Å². The molecular weight excluding hydrogens is 224 g/mol. The van der Waals surface area contributed by atoms with Crippen LogP contribution in [0.5, 0.6) is 0 Å². The first-order chi connectivity index (χ1) is 5.97. The summed E-state index contributed by atoms with van der Waals surface area (Å²) in [4.78, 5) is 0. The van der Waals surface area contributed by atoms with E-state index in [9.17, 15) is 35.1 Å². The van der Waals surface area contributed by atoms with Gasteiger partial charge in [0.1, 0.15) is 0 Å². The van der Waals surface area contributed by atoms with Crippen LogP contribution in [0.25, 0.3) is 0 Å². The van der Waals surface area contributed by atoms with Crippen LogP contribution in [0, 0.1) is 0 Å². The summed E-state index contributed by atoms with van der Waals surface area (Å²) in [6, 6.07) is 0. The lowest BCUT2D eigenvalue weighted by molar-refractivity contribution is -0.306. The molecule has 0 amide bonds. The van der Waals surface area contributed by atoms with E-state index in [0.29, 0.717) is 6.92 Å². The fourth-order valence-electron chi connectivity index (χ4n) is 0.627. The van der Waals surface area contributed by atoms with E-state index in [2.05, 4.69) is 0 Å². The normalized spacial score (nSPS) is 16.9. The number of hydrogen-bond donors (Lipinski definition) is 0.